The lowest BCUT2D eigenvalue weighted by atomic mass is 10.2. The molecule has 1 heterocycles. The molecule has 1 aromatic heterocycles. The van der Waals surface area contributed by atoms with E-state index in [1.54, 1.807) is 18.6 Å². The van der Waals surface area contributed by atoms with Crippen LogP contribution < -0.4 is 5.32 Å². The molecule has 1 N–H and O–H groups in total. The second kappa shape index (κ2) is 7.36. The summed E-state index contributed by atoms with van der Waals surface area (Å²) in [6.07, 6.45) is 4.48. The third-order valence-corrected chi connectivity index (χ3v) is 3.97. The lowest BCUT2D eigenvalue weighted by molar-refractivity contribution is 0.540. The van der Waals surface area contributed by atoms with Crippen LogP contribution in [-0.2, 0) is 0 Å². The van der Waals surface area contributed by atoms with Gasteiger partial charge in [-0.2, -0.15) is 0 Å². The maximum absolute atomic E-state index is 13.6. The van der Waals surface area contributed by atoms with Crippen LogP contribution in [-0.4, -0.2) is 12.3 Å². The minimum Gasteiger partial charge on any atom is -0.472 e. The lowest BCUT2D eigenvalue weighted by Gasteiger charge is -2.16. The predicted molar refractivity (Wildman–Crippen MR) is 76.9 cm³/mol. The van der Waals surface area contributed by atoms with E-state index in [0.717, 1.165) is 24.3 Å². The predicted octanol–water partition coefficient (Wildman–Crippen LogP) is 4.25. The van der Waals surface area contributed by atoms with Gasteiger partial charge in [-0.05, 0) is 31.2 Å². The van der Waals surface area contributed by atoms with Gasteiger partial charge < -0.3 is 9.73 Å². The Kier molecular flexibility index (Phi) is 5.48. The lowest BCUT2D eigenvalue weighted by Crippen LogP contribution is -2.23. The Bertz CT molecular complexity index is 487. The third kappa shape index (κ3) is 4.11. The van der Waals surface area contributed by atoms with Crippen molar-refractivity contribution in [3.8, 4) is 0 Å². The minimum atomic E-state index is -0.158. The van der Waals surface area contributed by atoms with Gasteiger partial charge in [-0.1, -0.05) is 19.1 Å². The first-order valence-corrected chi connectivity index (χ1v) is 7.42. The highest BCUT2D eigenvalue weighted by Gasteiger charge is 2.13. The Labute approximate surface area is 117 Å². The number of hydrogen-bond donors (Lipinski definition) is 1. The van der Waals surface area contributed by atoms with Crippen LogP contribution in [0.3, 0.4) is 0 Å². The second-order valence-electron chi connectivity index (χ2n) is 4.30. The highest BCUT2D eigenvalue weighted by atomic mass is 32.2. The molecule has 1 atom stereocenters. The summed E-state index contributed by atoms with van der Waals surface area (Å²) in [6, 6.07) is 9.01. The molecule has 2 nitrogen and oxygen atoms in total. The van der Waals surface area contributed by atoms with E-state index in [1.165, 1.54) is 17.8 Å². The van der Waals surface area contributed by atoms with E-state index in [2.05, 4.69) is 12.2 Å². The number of furan rings is 1. The quantitative estimate of drug-likeness (QED) is 0.767. The normalized spacial score (nSPS) is 12.5. The molecule has 19 heavy (non-hydrogen) atoms. The van der Waals surface area contributed by atoms with E-state index in [-0.39, 0.29) is 11.9 Å². The molecule has 1 unspecified atom stereocenters. The highest BCUT2D eigenvalue weighted by molar-refractivity contribution is 7.99. The maximum Gasteiger partial charge on any atom is 0.136 e. The Balaban J connectivity index is 1.99. The van der Waals surface area contributed by atoms with E-state index < -0.39 is 0 Å². The SMILES string of the molecule is CCCNC(CSc1ccccc1F)c1ccoc1. The van der Waals surface area contributed by atoms with E-state index in [9.17, 15) is 4.39 Å². The van der Waals surface area contributed by atoms with Gasteiger partial charge in [0.15, 0.2) is 0 Å². The van der Waals surface area contributed by atoms with Crippen LogP contribution in [0.4, 0.5) is 4.39 Å². The van der Waals surface area contributed by atoms with Crippen molar-refractivity contribution < 1.29 is 8.81 Å². The van der Waals surface area contributed by atoms with Crippen molar-refractivity contribution in [3.63, 3.8) is 0 Å². The molecule has 0 saturated carbocycles. The summed E-state index contributed by atoms with van der Waals surface area (Å²) in [5.74, 6) is 0.620. The summed E-state index contributed by atoms with van der Waals surface area (Å²) in [7, 11) is 0. The average Bonchev–Trinajstić information content (AvgIpc) is 2.94. The summed E-state index contributed by atoms with van der Waals surface area (Å²) < 4.78 is 18.7. The van der Waals surface area contributed by atoms with Crippen LogP contribution >= 0.6 is 11.8 Å². The monoisotopic (exact) mass is 279 g/mol. The fourth-order valence-corrected chi connectivity index (χ4v) is 2.84. The van der Waals surface area contributed by atoms with Gasteiger partial charge in [-0.3, -0.25) is 0 Å². The van der Waals surface area contributed by atoms with Gasteiger partial charge in [0.05, 0.1) is 12.5 Å². The van der Waals surface area contributed by atoms with Crippen LogP contribution in [0.5, 0.6) is 0 Å². The van der Waals surface area contributed by atoms with Crippen LogP contribution in [0.1, 0.15) is 24.9 Å². The van der Waals surface area contributed by atoms with Crippen molar-refractivity contribution in [1.82, 2.24) is 5.32 Å². The largest absolute Gasteiger partial charge is 0.472 e. The Morgan fingerprint density at radius 2 is 2.16 bits per heavy atom. The number of benzene rings is 1. The van der Waals surface area contributed by atoms with Crippen molar-refractivity contribution in [2.45, 2.75) is 24.3 Å². The average molecular weight is 279 g/mol. The van der Waals surface area contributed by atoms with Crippen LogP contribution in [0, 0.1) is 5.82 Å². The van der Waals surface area contributed by atoms with Gasteiger partial charge in [-0.15, -0.1) is 11.8 Å². The van der Waals surface area contributed by atoms with E-state index in [0.29, 0.717) is 4.90 Å². The zero-order chi connectivity index (χ0) is 13.5. The van der Waals surface area contributed by atoms with E-state index >= 15 is 0 Å². The molecular weight excluding hydrogens is 261 g/mol. The molecule has 0 aliphatic heterocycles. The van der Waals surface area contributed by atoms with Gasteiger partial charge in [0, 0.05) is 22.3 Å². The molecule has 102 valence electrons. The zero-order valence-electron chi connectivity index (χ0n) is 10.9. The van der Waals surface area contributed by atoms with Gasteiger partial charge in [0.1, 0.15) is 5.82 Å². The van der Waals surface area contributed by atoms with Crippen molar-refractivity contribution in [2.75, 3.05) is 12.3 Å². The molecule has 2 rings (SSSR count). The van der Waals surface area contributed by atoms with Crippen LogP contribution in [0.25, 0.3) is 0 Å². The van der Waals surface area contributed by atoms with Crippen LogP contribution in [0.2, 0.25) is 0 Å². The molecule has 0 amide bonds. The number of rotatable bonds is 7. The molecule has 0 saturated heterocycles. The number of nitrogens with one attached hydrogen (secondary N) is 1. The molecule has 0 fully saturated rings. The highest BCUT2D eigenvalue weighted by Crippen LogP contribution is 2.26. The topological polar surface area (TPSA) is 25.2 Å². The maximum atomic E-state index is 13.6. The first kappa shape index (κ1) is 14.2. The van der Waals surface area contributed by atoms with Gasteiger partial charge in [0.25, 0.3) is 0 Å². The number of thioether (sulfide) groups is 1. The molecule has 0 aliphatic carbocycles. The van der Waals surface area contributed by atoms with Crippen molar-refractivity contribution in [3.05, 3.63) is 54.2 Å². The summed E-state index contributed by atoms with van der Waals surface area (Å²) in [5.41, 5.74) is 1.11. The fourth-order valence-electron chi connectivity index (χ4n) is 1.80. The van der Waals surface area contributed by atoms with Crippen molar-refractivity contribution in [2.24, 2.45) is 0 Å². The van der Waals surface area contributed by atoms with Gasteiger partial charge >= 0.3 is 0 Å². The number of hydrogen-bond acceptors (Lipinski definition) is 3. The zero-order valence-corrected chi connectivity index (χ0v) is 11.8. The number of halogens is 1. The summed E-state index contributed by atoms with van der Waals surface area (Å²) >= 11 is 1.52. The molecule has 0 spiro atoms. The molecule has 1 aromatic carbocycles. The van der Waals surface area contributed by atoms with Crippen molar-refractivity contribution in [1.29, 1.82) is 0 Å². The fraction of sp³-hybridized carbons (Fsp3) is 0.333. The first-order valence-electron chi connectivity index (χ1n) is 6.44. The smallest absolute Gasteiger partial charge is 0.136 e. The van der Waals surface area contributed by atoms with E-state index in [1.807, 2.05) is 18.2 Å². The summed E-state index contributed by atoms with van der Waals surface area (Å²) in [4.78, 5) is 0.689. The summed E-state index contributed by atoms with van der Waals surface area (Å²) in [5, 5.41) is 3.46. The molecule has 2 aromatic rings. The van der Waals surface area contributed by atoms with Crippen LogP contribution in [0.15, 0.2) is 52.2 Å². The molecular formula is C15H18FNOS. The minimum absolute atomic E-state index is 0.158. The Morgan fingerprint density at radius 3 is 2.84 bits per heavy atom. The Morgan fingerprint density at radius 1 is 1.32 bits per heavy atom. The third-order valence-electron chi connectivity index (χ3n) is 2.83. The first-order chi connectivity index (χ1) is 9.31. The van der Waals surface area contributed by atoms with E-state index in [4.69, 9.17) is 4.42 Å². The second-order valence-corrected chi connectivity index (χ2v) is 5.37. The molecule has 0 bridgehead atoms. The molecule has 0 radical (unpaired) electrons. The van der Waals surface area contributed by atoms with Gasteiger partial charge in [0.2, 0.25) is 0 Å². The molecule has 4 heteroatoms. The standard InChI is InChI=1S/C15H18FNOS/c1-2-8-17-14(12-7-9-18-10-12)11-19-15-6-4-3-5-13(15)16/h3-7,9-10,14,17H,2,8,11H2,1H3. The van der Waals surface area contributed by atoms with Gasteiger partial charge in [-0.25, -0.2) is 4.39 Å². The molecule has 0 aliphatic rings. The summed E-state index contributed by atoms with van der Waals surface area (Å²) in [6.45, 7) is 3.07. The van der Waals surface area contributed by atoms with Crippen molar-refractivity contribution >= 4 is 11.8 Å². The Hall–Kier alpha value is -1.26.